The summed E-state index contributed by atoms with van der Waals surface area (Å²) in [6.45, 7) is 11.4. The van der Waals surface area contributed by atoms with Gasteiger partial charge in [-0.05, 0) is 46.1 Å². The molecule has 0 bridgehead atoms. The Morgan fingerprint density at radius 1 is 1.17 bits per heavy atom. The first kappa shape index (κ1) is 28.5. The summed E-state index contributed by atoms with van der Waals surface area (Å²) in [5.41, 5.74) is 0.507. The molecule has 0 saturated heterocycles. The van der Waals surface area contributed by atoms with E-state index >= 15 is 0 Å². The van der Waals surface area contributed by atoms with E-state index < -0.39 is 15.6 Å². The van der Waals surface area contributed by atoms with Gasteiger partial charge in [0.25, 0.3) is 12.4 Å². The Hall–Kier alpha value is -2.05. The van der Waals surface area contributed by atoms with Gasteiger partial charge in [0.2, 0.25) is 15.9 Å². The molecule has 36 heavy (non-hydrogen) atoms. The highest BCUT2D eigenvalue weighted by molar-refractivity contribution is 7.89. The lowest BCUT2D eigenvalue weighted by Crippen LogP contribution is -2.30. The van der Waals surface area contributed by atoms with Gasteiger partial charge in [-0.3, -0.25) is 4.79 Å². The van der Waals surface area contributed by atoms with Crippen molar-refractivity contribution in [3.05, 3.63) is 33.8 Å². The van der Waals surface area contributed by atoms with Crippen LogP contribution in [0.15, 0.2) is 21.4 Å². The largest absolute Gasteiger partial charge is 0.461 e. The van der Waals surface area contributed by atoms with Crippen molar-refractivity contribution in [3.8, 4) is 21.3 Å². The van der Waals surface area contributed by atoms with Crippen LogP contribution in [0.5, 0.6) is 0 Å². The second kappa shape index (κ2) is 11.1. The Morgan fingerprint density at radius 2 is 1.86 bits per heavy atom. The van der Waals surface area contributed by atoms with Gasteiger partial charge in [0.05, 0.1) is 27.0 Å². The predicted molar refractivity (Wildman–Crippen MR) is 140 cm³/mol. The van der Waals surface area contributed by atoms with Crippen molar-refractivity contribution < 1.29 is 22.4 Å². The smallest absolute Gasteiger partial charge is 0.293 e. The number of aromatic nitrogens is 3. The van der Waals surface area contributed by atoms with E-state index in [-0.39, 0.29) is 39.2 Å². The van der Waals surface area contributed by atoms with E-state index in [1.807, 2.05) is 0 Å². The van der Waals surface area contributed by atoms with E-state index in [1.54, 1.807) is 33.8 Å². The van der Waals surface area contributed by atoms with Crippen molar-refractivity contribution in [2.24, 2.45) is 5.92 Å². The third-order valence-electron chi connectivity index (χ3n) is 4.86. The van der Waals surface area contributed by atoms with E-state index in [9.17, 15) is 13.2 Å². The lowest BCUT2D eigenvalue weighted by atomic mass is 10.0. The zero-order valence-corrected chi connectivity index (χ0v) is 23.9. The molecule has 0 aliphatic carbocycles. The lowest BCUT2D eigenvalue weighted by Gasteiger charge is -2.19. The maximum absolute atomic E-state index is 12.7. The van der Waals surface area contributed by atoms with Crippen molar-refractivity contribution in [1.82, 2.24) is 19.9 Å². The summed E-state index contributed by atoms with van der Waals surface area (Å²) in [4.78, 5) is 16.1. The minimum absolute atomic E-state index is 0.0646. The average molecular weight is 576 g/mol. The SMILES string of the molecule is CC(C)Cc1nc(-c2nnc(CC(C)(C)OC=O)o2)sc1-c1ccc(S(=O)(=O)NC(C)C)c(Cl)c1Cl. The molecule has 3 rings (SSSR count). The van der Waals surface area contributed by atoms with Gasteiger partial charge < -0.3 is 9.15 Å². The van der Waals surface area contributed by atoms with Crippen LogP contribution in [-0.2, 0) is 32.4 Å². The number of thiazole rings is 1. The fourth-order valence-electron chi connectivity index (χ4n) is 3.41. The normalized spacial score (nSPS) is 12.5. The fourth-order valence-corrected chi connectivity index (χ4v) is 6.63. The minimum atomic E-state index is -3.84. The van der Waals surface area contributed by atoms with Crippen LogP contribution >= 0.6 is 34.5 Å². The molecule has 3 aromatic rings. The quantitative estimate of drug-likeness (QED) is 0.295. The lowest BCUT2D eigenvalue weighted by molar-refractivity contribution is -0.140. The zero-order chi connectivity index (χ0) is 26.8. The van der Waals surface area contributed by atoms with Gasteiger partial charge in [-0.2, -0.15) is 0 Å². The highest BCUT2D eigenvalue weighted by atomic mass is 35.5. The third-order valence-corrected chi connectivity index (χ3v) is 8.68. The molecule has 13 heteroatoms. The van der Waals surface area contributed by atoms with Crippen LogP contribution < -0.4 is 4.72 Å². The summed E-state index contributed by atoms with van der Waals surface area (Å²) in [5.74, 6) is 0.797. The van der Waals surface area contributed by atoms with E-state index in [0.717, 1.165) is 10.6 Å². The van der Waals surface area contributed by atoms with Crippen LogP contribution in [0.25, 0.3) is 21.3 Å². The van der Waals surface area contributed by atoms with Crippen molar-refractivity contribution in [2.45, 2.75) is 70.9 Å². The maximum Gasteiger partial charge on any atom is 0.293 e. The maximum atomic E-state index is 12.7. The summed E-state index contributed by atoms with van der Waals surface area (Å²) in [6, 6.07) is 2.76. The van der Waals surface area contributed by atoms with Crippen LogP contribution in [-0.4, -0.2) is 41.7 Å². The van der Waals surface area contributed by atoms with Crippen LogP contribution in [0.3, 0.4) is 0 Å². The molecule has 1 aromatic carbocycles. The van der Waals surface area contributed by atoms with Crippen molar-refractivity contribution in [3.63, 3.8) is 0 Å². The molecule has 0 saturated carbocycles. The van der Waals surface area contributed by atoms with Crippen molar-refractivity contribution in [1.29, 1.82) is 0 Å². The van der Waals surface area contributed by atoms with E-state index in [2.05, 4.69) is 28.8 Å². The topological polar surface area (TPSA) is 124 Å². The molecule has 196 valence electrons. The molecular formula is C23H28Cl2N4O5S2. The standard InChI is InChI=1S/C23H28Cl2N4O5S2/c1-12(2)9-15-20(14-7-8-16(19(25)18(14)24)36(31,32)29-13(3)4)35-22(26-15)21-28-27-17(34-21)10-23(5,6)33-11-30/h7-8,11-13,29H,9-10H2,1-6H3. The highest BCUT2D eigenvalue weighted by Crippen LogP contribution is 2.43. The van der Waals surface area contributed by atoms with Gasteiger partial charge in [0.1, 0.15) is 10.5 Å². The molecule has 0 spiro atoms. The molecule has 2 heterocycles. The van der Waals surface area contributed by atoms with E-state index in [4.69, 9.17) is 37.3 Å². The van der Waals surface area contributed by atoms with Gasteiger partial charge in [-0.15, -0.1) is 21.5 Å². The number of rotatable bonds is 11. The number of benzene rings is 1. The number of nitrogens with zero attached hydrogens (tertiary/aromatic N) is 3. The Kier molecular flexibility index (Phi) is 8.82. The zero-order valence-electron chi connectivity index (χ0n) is 20.8. The number of hydrogen-bond donors (Lipinski definition) is 1. The van der Waals surface area contributed by atoms with Gasteiger partial charge in [0, 0.05) is 11.6 Å². The van der Waals surface area contributed by atoms with E-state index in [1.165, 1.54) is 17.4 Å². The average Bonchev–Trinajstić information content (AvgIpc) is 3.35. The van der Waals surface area contributed by atoms with Crippen LogP contribution in [0.4, 0.5) is 0 Å². The van der Waals surface area contributed by atoms with E-state index in [0.29, 0.717) is 29.4 Å². The molecule has 0 radical (unpaired) electrons. The Bertz CT molecular complexity index is 1350. The molecule has 2 aromatic heterocycles. The van der Waals surface area contributed by atoms with Gasteiger partial charge in [-0.1, -0.05) is 43.1 Å². The molecular weight excluding hydrogens is 547 g/mol. The van der Waals surface area contributed by atoms with Crippen molar-refractivity contribution >= 4 is 51.0 Å². The molecule has 9 nitrogen and oxygen atoms in total. The number of hydrogen-bond acceptors (Lipinski definition) is 9. The highest BCUT2D eigenvalue weighted by Gasteiger charge is 2.27. The summed E-state index contributed by atoms with van der Waals surface area (Å²) >= 11 is 14.3. The second-order valence-electron chi connectivity index (χ2n) is 9.56. The van der Waals surface area contributed by atoms with Gasteiger partial charge >= 0.3 is 0 Å². The number of ether oxygens (including phenoxy) is 1. The number of carbonyl (C=O) groups excluding carboxylic acids is 1. The van der Waals surface area contributed by atoms with Crippen LogP contribution in [0.1, 0.15) is 53.1 Å². The van der Waals surface area contributed by atoms with Crippen LogP contribution in [0.2, 0.25) is 10.0 Å². The molecule has 0 fully saturated rings. The minimum Gasteiger partial charge on any atom is -0.461 e. The number of sulfonamides is 1. The Labute approximate surface area is 224 Å². The van der Waals surface area contributed by atoms with Crippen molar-refractivity contribution in [2.75, 3.05) is 0 Å². The molecule has 0 atom stereocenters. The van der Waals surface area contributed by atoms with Gasteiger partial charge in [0.15, 0.2) is 5.01 Å². The number of carbonyl (C=O) groups is 1. The monoisotopic (exact) mass is 574 g/mol. The first-order valence-electron chi connectivity index (χ1n) is 11.2. The number of halogens is 2. The van der Waals surface area contributed by atoms with Gasteiger partial charge in [-0.25, -0.2) is 18.1 Å². The predicted octanol–water partition coefficient (Wildman–Crippen LogP) is 5.55. The summed E-state index contributed by atoms with van der Waals surface area (Å²) in [6.07, 6.45) is 0.869. The molecule has 0 aliphatic heterocycles. The molecule has 1 N–H and O–H groups in total. The second-order valence-corrected chi connectivity index (χ2v) is 13.0. The summed E-state index contributed by atoms with van der Waals surface area (Å²) in [5, 5.41) is 8.71. The Morgan fingerprint density at radius 3 is 2.47 bits per heavy atom. The first-order chi connectivity index (χ1) is 16.7. The molecule has 0 aliphatic rings. The third kappa shape index (κ3) is 6.63. The first-order valence-corrected chi connectivity index (χ1v) is 14.2. The summed E-state index contributed by atoms with van der Waals surface area (Å²) < 4.78 is 38.7. The molecule has 0 unspecified atom stereocenters. The fraction of sp³-hybridized carbons (Fsp3) is 0.478. The Balaban J connectivity index is 2.04. The summed E-state index contributed by atoms with van der Waals surface area (Å²) in [7, 11) is -3.84. The number of nitrogens with one attached hydrogen (secondary N) is 1. The van der Waals surface area contributed by atoms with Crippen LogP contribution in [0, 0.1) is 5.92 Å². The molecule has 0 amide bonds.